The molecule has 1 heterocycles. The predicted octanol–water partition coefficient (Wildman–Crippen LogP) is 1.67. The number of nitro benzene ring substituents is 1. The molecule has 18 heavy (non-hydrogen) atoms. The van der Waals surface area contributed by atoms with Gasteiger partial charge in [0.2, 0.25) is 5.91 Å². The topological polar surface area (TPSA) is 89.5 Å². The van der Waals surface area contributed by atoms with Gasteiger partial charge in [-0.05, 0) is 40.5 Å². The van der Waals surface area contributed by atoms with E-state index in [-0.39, 0.29) is 17.5 Å². The molecule has 1 atom stereocenters. The van der Waals surface area contributed by atoms with Crippen LogP contribution in [0.4, 0.5) is 11.4 Å². The number of rotatable bonds is 3. The van der Waals surface area contributed by atoms with E-state index in [0.717, 1.165) is 0 Å². The Morgan fingerprint density at radius 1 is 1.56 bits per heavy atom. The van der Waals surface area contributed by atoms with Crippen molar-refractivity contribution in [1.29, 1.82) is 0 Å². The predicted molar refractivity (Wildman–Crippen MR) is 70.3 cm³/mol. The maximum absolute atomic E-state index is 11.8. The number of amides is 1. The van der Waals surface area contributed by atoms with Crippen LogP contribution in [0, 0.1) is 16.0 Å². The lowest BCUT2D eigenvalue weighted by Crippen LogP contribution is -2.25. The quantitative estimate of drug-likeness (QED) is 0.679. The first-order valence-corrected chi connectivity index (χ1v) is 6.26. The zero-order valence-corrected chi connectivity index (χ0v) is 11.1. The fourth-order valence-electron chi connectivity index (χ4n) is 2.00. The lowest BCUT2D eigenvalue weighted by atomic mass is 10.1. The zero-order chi connectivity index (χ0) is 13.3. The molecule has 96 valence electrons. The molecule has 0 radical (unpaired) electrons. The van der Waals surface area contributed by atoms with Gasteiger partial charge in [0, 0.05) is 24.7 Å². The van der Waals surface area contributed by atoms with E-state index in [1.807, 2.05) is 0 Å². The summed E-state index contributed by atoms with van der Waals surface area (Å²) in [6, 6.07) is 4.57. The molecule has 1 aliphatic rings. The molecule has 1 aromatic rings. The molecule has 1 saturated heterocycles. The first kappa shape index (κ1) is 13.0. The fourth-order valence-corrected chi connectivity index (χ4v) is 2.51. The first-order valence-electron chi connectivity index (χ1n) is 5.47. The Morgan fingerprint density at radius 2 is 2.28 bits per heavy atom. The van der Waals surface area contributed by atoms with E-state index >= 15 is 0 Å². The summed E-state index contributed by atoms with van der Waals surface area (Å²) in [6.07, 6.45) is 0.436. The summed E-state index contributed by atoms with van der Waals surface area (Å²) in [5, 5.41) is 10.7. The lowest BCUT2D eigenvalue weighted by Gasteiger charge is -2.16. The van der Waals surface area contributed by atoms with Crippen molar-refractivity contribution >= 4 is 33.2 Å². The van der Waals surface area contributed by atoms with Crippen LogP contribution in [-0.4, -0.2) is 23.9 Å². The summed E-state index contributed by atoms with van der Waals surface area (Å²) < 4.78 is 0.369. The minimum atomic E-state index is -0.470. The van der Waals surface area contributed by atoms with Gasteiger partial charge in [-0.25, -0.2) is 0 Å². The third-order valence-corrected chi connectivity index (χ3v) is 3.61. The Kier molecular flexibility index (Phi) is 3.63. The van der Waals surface area contributed by atoms with E-state index in [1.54, 1.807) is 17.0 Å². The molecule has 1 aromatic carbocycles. The van der Waals surface area contributed by atoms with Crippen molar-refractivity contribution in [2.24, 2.45) is 11.7 Å². The Morgan fingerprint density at radius 3 is 2.78 bits per heavy atom. The van der Waals surface area contributed by atoms with Crippen molar-refractivity contribution in [3.05, 3.63) is 32.8 Å². The first-order chi connectivity index (χ1) is 8.52. The highest BCUT2D eigenvalue weighted by Gasteiger charge is 2.30. The molecule has 1 aliphatic heterocycles. The highest BCUT2D eigenvalue weighted by atomic mass is 79.9. The molecule has 6 nitrogen and oxygen atoms in total. The van der Waals surface area contributed by atoms with E-state index in [4.69, 9.17) is 5.73 Å². The van der Waals surface area contributed by atoms with E-state index < -0.39 is 4.92 Å². The third-order valence-electron chi connectivity index (χ3n) is 2.98. The molecule has 0 aliphatic carbocycles. The summed E-state index contributed by atoms with van der Waals surface area (Å²) in [5.41, 5.74) is 6.20. The minimum absolute atomic E-state index is 0.00574. The average molecular weight is 314 g/mol. The number of carbonyl (C=O) groups excluding carboxylic acids is 1. The van der Waals surface area contributed by atoms with Crippen LogP contribution >= 0.6 is 15.9 Å². The van der Waals surface area contributed by atoms with Gasteiger partial charge in [-0.15, -0.1) is 0 Å². The normalized spacial score (nSPS) is 19.3. The van der Waals surface area contributed by atoms with Crippen LogP contribution in [0.3, 0.4) is 0 Å². The van der Waals surface area contributed by atoms with Crippen LogP contribution in [-0.2, 0) is 4.79 Å². The van der Waals surface area contributed by atoms with Crippen LogP contribution in [0.5, 0.6) is 0 Å². The van der Waals surface area contributed by atoms with Gasteiger partial charge in [-0.1, -0.05) is 0 Å². The molecule has 0 aromatic heterocycles. The second-order valence-corrected chi connectivity index (χ2v) is 5.06. The summed E-state index contributed by atoms with van der Waals surface area (Å²) in [4.78, 5) is 23.6. The minimum Gasteiger partial charge on any atom is -0.330 e. The van der Waals surface area contributed by atoms with Gasteiger partial charge >= 0.3 is 0 Å². The van der Waals surface area contributed by atoms with Gasteiger partial charge < -0.3 is 10.6 Å². The molecular weight excluding hydrogens is 302 g/mol. The number of nitro groups is 1. The molecule has 2 N–H and O–H groups in total. The van der Waals surface area contributed by atoms with Gasteiger partial charge in [-0.2, -0.15) is 0 Å². The van der Waals surface area contributed by atoms with Crippen LogP contribution in [0.2, 0.25) is 0 Å². The van der Waals surface area contributed by atoms with Crippen molar-refractivity contribution in [3.63, 3.8) is 0 Å². The highest BCUT2D eigenvalue weighted by molar-refractivity contribution is 9.10. The summed E-state index contributed by atoms with van der Waals surface area (Å²) in [7, 11) is 0. The average Bonchev–Trinajstić information content (AvgIpc) is 2.70. The molecule has 7 heteroatoms. The summed E-state index contributed by atoms with van der Waals surface area (Å²) >= 11 is 3.14. The number of halogens is 1. The summed E-state index contributed by atoms with van der Waals surface area (Å²) in [6.45, 7) is 1.04. The molecule has 0 spiro atoms. The lowest BCUT2D eigenvalue weighted by molar-refractivity contribution is -0.385. The molecule has 0 bridgehead atoms. The molecule has 0 saturated carbocycles. The SMILES string of the molecule is NCC1CC(=O)N(c2ccc([N+](=O)[O-])c(Br)c2)C1. The Labute approximate surface area is 112 Å². The standard InChI is InChI=1S/C11H12BrN3O3/c12-9-4-8(1-2-10(9)15(17)18)14-6-7(5-13)3-11(14)16/h1-2,4,7H,3,5-6,13H2. The van der Waals surface area contributed by atoms with Gasteiger partial charge in [0.25, 0.3) is 5.69 Å². The van der Waals surface area contributed by atoms with Crippen LogP contribution in [0.25, 0.3) is 0 Å². The maximum Gasteiger partial charge on any atom is 0.283 e. The largest absolute Gasteiger partial charge is 0.330 e. The van der Waals surface area contributed by atoms with Crippen molar-refractivity contribution in [3.8, 4) is 0 Å². The van der Waals surface area contributed by atoms with Crippen molar-refractivity contribution in [1.82, 2.24) is 0 Å². The summed E-state index contributed by atoms with van der Waals surface area (Å²) in [5.74, 6) is 0.165. The second kappa shape index (κ2) is 5.03. The van der Waals surface area contributed by atoms with Gasteiger partial charge in [0.1, 0.15) is 0 Å². The maximum atomic E-state index is 11.8. The molecule has 1 unspecified atom stereocenters. The molecular formula is C11H12BrN3O3. The van der Waals surface area contributed by atoms with E-state index in [9.17, 15) is 14.9 Å². The van der Waals surface area contributed by atoms with Gasteiger partial charge in [0.05, 0.1) is 9.40 Å². The van der Waals surface area contributed by atoms with Crippen molar-refractivity contribution in [2.45, 2.75) is 6.42 Å². The third kappa shape index (κ3) is 2.37. The number of hydrogen-bond acceptors (Lipinski definition) is 4. The molecule has 2 rings (SSSR count). The van der Waals surface area contributed by atoms with Crippen LogP contribution < -0.4 is 10.6 Å². The number of hydrogen-bond donors (Lipinski definition) is 1. The van der Waals surface area contributed by atoms with Gasteiger partial charge in [0.15, 0.2) is 0 Å². The molecule has 1 fully saturated rings. The number of benzene rings is 1. The number of nitrogens with zero attached hydrogens (tertiary/aromatic N) is 2. The fraction of sp³-hybridized carbons (Fsp3) is 0.364. The number of carbonyl (C=O) groups is 1. The number of nitrogens with two attached hydrogens (primary N) is 1. The zero-order valence-electron chi connectivity index (χ0n) is 9.51. The Bertz CT molecular complexity index is 506. The Hall–Kier alpha value is -1.47. The van der Waals surface area contributed by atoms with E-state index in [2.05, 4.69) is 15.9 Å². The highest BCUT2D eigenvalue weighted by Crippen LogP contribution is 2.32. The molecule has 1 amide bonds. The van der Waals surface area contributed by atoms with E-state index in [0.29, 0.717) is 29.7 Å². The monoisotopic (exact) mass is 313 g/mol. The van der Waals surface area contributed by atoms with Crippen LogP contribution in [0.15, 0.2) is 22.7 Å². The number of anilines is 1. The van der Waals surface area contributed by atoms with E-state index in [1.165, 1.54) is 6.07 Å². The van der Waals surface area contributed by atoms with Gasteiger partial charge in [-0.3, -0.25) is 14.9 Å². The smallest absolute Gasteiger partial charge is 0.283 e. The van der Waals surface area contributed by atoms with Crippen LogP contribution in [0.1, 0.15) is 6.42 Å². The Balaban J connectivity index is 2.27. The van der Waals surface area contributed by atoms with Crippen molar-refractivity contribution in [2.75, 3.05) is 18.0 Å². The van der Waals surface area contributed by atoms with Crippen molar-refractivity contribution < 1.29 is 9.72 Å². The second-order valence-electron chi connectivity index (χ2n) is 4.20.